The summed E-state index contributed by atoms with van der Waals surface area (Å²) in [5, 5.41) is 5.14. The minimum atomic E-state index is -0.234. The number of ether oxygens (including phenoxy) is 1. The number of nitrogens with one attached hydrogen (secondary N) is 1. The van der Waals surface area contributed by atoms with E-state index in [0.29, 0.717) is 11.6 Å². The number of hydrogen-bond acceptors (Lipinski definition) is 5. The van der Waals surface area contributed by atoms with Gasteiger partial charge in [0.05, 0.1) is 19.3 Å². The van der Waals surface area contributed by atoms with Crippen molar-refractivity contribution in [1.29, 1.82) is 0 Å². The predicted molar refractivity (Wildman–Crippen MR) is 75.6 cm³/mol. The highest BCUT2D eigenvalue weighted by Crippen LogP contribution is 2.20. The molecule has 19 heavy (non-hydrogen) atoms. The fraction of sp³-hybridized carbons (Fsp3) is 0.231. The third kappa shape index (κ3) is 3.77. The Balaban J connectivity index is 2.04. The van der Waals surface area contributed by atoms with E-state index >= 15 is 0 Å². The minimum absolute atomic E-state index is 0.0369. The van der Waals surface area contributed by atoms with Gasteiger partial charge in [-0.25, -0.2) is 4.98 Å². The first-order valence-corrected chi connectivity index (χ1v) is 6.66. The number of methoxy groups -OCH3 is 1. The van der Waals surface area contributed by atoms with Crippen molar-refractivity contribution in [3.63, 3.8) is 0 Å². The molecule has 0 aliphatic rings. The molecule has 1 aromatic carbocycles. The van der Waals surface area contributed by atoms with E-state index in [0.717, 1.165) is 17.0 Å². The Hall–Kier alpha value is -1.92. The molecule has 1 aromatic heterocycles. The first-order valence-electron chi connectivity index (χ1n) is 5.78. The molecule has 2 aromatic rings. The van der Waals surface area contributed by atoms with E-state index in [1.807, 2.05) is 29.6 Å². The Morgan fingerprint density at radius 2 is 2.37 bits per heavy atom. The number of carbonyl (C=O) groups is 1. The van der Waals surface area contributed by atoms with Crippen LogP contribution in [0.1, 0.15) is 11.3 Å². The maximum atomic E-state index is 11.1. The van der Waals surface area contributed by atoms with Crippen LogP contribution in [0.3, 0.4) is 0 Å². The van der Waals surface area contributed by atoms with Gasteiger partial charge in [0.15, 0.2) is 5.13 Å². The van der Waals surface area contributed by atoms with Gasteiger partial charge in [-0.1, -0.05) is 12.1 Å². The molecule has 0 aliphatic heterocycles. The summed E-state index contributed by atoms with van der Waals surface area (Å²) in [6.07, 6.45) is 0.701. The smallest absolute Gasteiger partial charge is 0.239 e. The number of carbonyl (C=O) groups excluding carboxylic acids is 1. The van der Waals surface area contributed by atoms with E-state index in [2.05, 4.69) is 10.3 Å². The molecule has 1 amide bonds. The van der Waals surface area contributed by atoms with E-state index < -0.39 is 0 Å². The lowest BCUT2D eigenvalue weighted by molar-refractivity contribution is -0.114. The largest absolute Gasteiger partial charge is 0.497 e. The summed E-state index contributed by atoms with van der Waals surface area (Å²) in [5.74, 6) is 0.590. The molecular weight excluding hydrogens is 262 g/mol. The van der Waals surface area contributed by atoms with Gasteiger partial charge in [-0.2, -0.15) is 0 Å². The van der Waals surface area contributed by atoms with Gasteiger partial charge in [0.2, 0.25) is 5.91 Å². The normalized spacial score (nSPS) is 10.2. The van der Waals surface area contributed by atoms with Crippen LogP contribution in [0.5, 0.6) is 5.75 Å². The van der Waals surface area contributed by atoms with Crippen LogP contribution in [-0.2, 0) is 11.2 Å². The van der Waals surface area contributed by atoms with Crippen LogP contribution in [0.25, 0.3) is 0 Å². The van der Waals surface area contributed by atoms with E-state index in [-0.39, 0.29) is 12.5 Å². The second-order valence-corrected chi connectivity index (χ2v) is 4.78. The second kappa shape index (κ2) is 6.31. The molecule has 100 valence electrons. The predicted octanol–water partition coefficient (Wildman–Crippen LogP) is 1.64. The van der Waals surface area contributed by atoms with Gasteiger partial charge in [0.25, 0.3) is 0 Å². The Morgan fingerprint density at radius 1 is 1.53 bits per heavy atom. The summed E-state index contributed by atoms with van der Waals surface area (Å²) in [7, 11) is 1.64. The zero-order chi connectivity index (χ0) is 13.7. The van der Waals surface area contributed by atoms with Crippen molar-refractivity contribution in [2.24, 2.45) is 5.73 Å². The first-order chi connectivity index (χ1) is 9.21. The molecule has 1 heterocycles. The van der Waals surface area contributed by atoms with Gasteiger partial charge in [-0.3, -0.25) is 4.79 Å². The fourth-order valence-corrected chi connectivity index (χ4v) is 2.33. The van der Waals surface area contributed by atoms with Gasteiger partial charge in [0, 0.05) is 11.8 Å². The van der Waals surface area contributed by atoms with Gasteiger partial charge in [0.1, 0.15) is 5.75 Å². The monoisotopic (exact) mass is 277 g/mol. The van der Waals surface area contributed by atoms with Crippen LogP contribution in [-0.4, -0.2) is 24.5 Å². The van der Waals surface area contributed by atoms with Gasteiger partial charge < -0.3 is 15.8 Å². The van der Waals surface area contributed by atoms with Crippen molar-refractivity contribution in [1.82, 2.24) is 4.98 Å². The summed E-state index contributed by atoms with van der Waals surface area (Å²) < 4.78 is 5.18. The molecule has 0 saturated heterocycles. The summed E-state index contributed by atoms with van der Waals surface area (Å²) in [5.41, 5.74) is 7.25. The van der Waals surface area contributed by atoms with Gasteiger partial charge >= 0.3 is 0 Å². The number of nitrogens with two attached hydrogens (primary N) is 1. The summed E-state index contributed by atoms with van der Waals surface area (Å²) in [4.78, 5) is 15.5. The highest BCUT2D eigenvalue weighted by Gasteiger charge is 2.06. The van der Waals surface area contributed by atoms with Crippen LogP contribution in [0.15, 0.2) is 29.6 Å². The first kappa shape index (κ1) is 13.5. The van der Waals surface area contributed by atoms with Crippen molar-refractivity contribution >= 4 is 22.4 Å². The second-order valence-electron chi connectivity index (χ2n) is 3.92. The summed E-state index contributed by atoms with van der Waals surface area (Å²) in [6, 6.07) is 7.83. The lowest BCUT2D eigenvalue weighted by Crippen LogP contribution is -2.21. The number of rotatable bonds is 5. The van der Waals surface area contributed by atoms with E-state index in [1.54, 1.807) is 7.11 Å². The number of aromatic nitrogens is 1. The minimum Gasteiger partial charge on any atom is -0.497 e. The molecule has 0 bridgehead atoms. The average Bonchev–Trinajstić information content (AvgIpc) is 2.86. The molecule has 6 heteroatoms. The SMILES string of the molecule is COc1cccc(Cc2csc(NC(=O)CN)n2)c1. The molecule has 0 fully saturated rings. The van der Waals surface area contributed by atoms with Crippen LogP contribution >= 0.6 is 11.3 Å². The molecule has 0 atom stereocenters. The molecule has 0 aliphatic carbocycles. The number of anilines is 1. The molecule has 2 rings (SSSR count). The standard InChI is InChI=1S/C13H15N3O2S/c1-18-11-4-2-3-9(6-11)5-10-8-19-13(15-10)16-12(17)7-14/h2-4,6,8H,5,7,14H2,1H3,(H,15,16,17). The maximum Gasteiger partial charge on any atom is 0.239 e. The lowest BCUT2D eigenvalue weighted by atomic mass is 10.1. The Bertz CT molecular complexity index is 569. The highest BCUT2D eigenvalue weighted by molar-refractivity contribution is 7.13. The zero-order valence-corrected chi connectivity index (χ0v) is 11.4. The number of nitrogens with zero attached hydrogens (tertiary/aromatic N) is 1. The molecule has 0 unspecified atom stereocenters. The van der Waals surface area contributed by atoms with Crippen LogP contribution in [0.2, 0.25) is 0 Å². The van der Waals surface area contributed by atoms with Crippen LogP contribution in [0.4, 0.5) is 5.13 Å². The number of amides is 1. The maximum absolute atomic E-state index is 11.1. The quantitative estimate of drug-likeness (QED) is 0.871. The molecule has 0 spiro atoms. The van der Waals surface area contributed by atoms with E-state index in [1.165, 1.54) is 11.3 Å². The third-order valence-electron chi connectivity index (χ3n) is 2.50. The van der Waals surface area contributed by atoms with Crippen molar-refractivity contribution < 1.29 is 9.53 Å². The summed E-state index contributed by atoms with van der Waals surface area (Å²) in [6.45, 7) is -0.0369. The highest BCUT2D eigenvalue weighted by atomic mass is 32.1. The molecule has 0 radical (unpaired) electrons. The summed E-state index contributed by atoms with van der Waals surface area (Å²) >= 11 is 1.39. The molecule has 5 nitrogen and oxygen atoms in total. The van der Waals surface area contributed by atoms with Crippen molar-refractivity contribution in [3.8, 4) is 5.75 Å². The lowest BCUT2D eigenvalue weighted by Gasteiger charge is -2.02. The van der Waals surface area contributed by atoms with Gasteiger partial charge in [-0.15, -0.1) is 11.3 Å². The molecular formula is C13H15N3O2S. The van der Waals surface area contributed by atoms with Crippen LogP contribution < -0.4 is 15.8 Å². The fourth-order valence-electron chi connectivity index (χ4n) is 1.61. The Morgan fingerprint density at radius 3 is 3.11 bits per heavy atom. The number of benzene rings is 1. The topological polar surface area (TPSA) is 77.2 Å². The Labute approximate surface area is 115 Å². The number of thiazole rings is 1. The van der Waals surface area contributed by atoms with Crippen molar-refractivity contribution in [2.45, 2.75) is 6.42 Å². The molecule has 0 saturated carbocycles. The van der Waals surface area contributed by atoms with Crippen molar-refractivity contribution in [2.75, 3.05) is 19.0 Å². The van der Waals surface area contributed by atoms with E-state index in [4.69, 9.17) is 10.5 Å². The third-order valence-corrected chi connectivity index (χ3v) is 3.31. The van der Waals surface area contributed by atoms with E-state index in [9.17, 15) is 4.79 Å². The van der Waals surface area contributed by atoms with Gasteiger partial charge in [-0.05, 0) is 17.7 Å². The number of hydrogen-bond donors (Lipinski definition) is 2. The van der Waals surface area contributed by atoms with Crippen LogP contribution in [0, 0.1) is 0 Å². The average molecular weight is 277 g/mol. The zero-order valence-electron chi connectivity index (χ0n) is 10.6. The Kier molecular flexibility index (Phi) is 4.48. The van der Waals surface area contributed by atoms with Crippen molar-refractivity contribution in [3.05, 3.63) is 40.9 Å². The molecule has 3 N–H and O–H groups in total.